The molecule has 1 aliphatic rings. The summed E-state index contributed by atoms with van der Waals surface area (Å²) in [7, 11) is 1.41. The number of carbonyl (C=O) groups excluding carboxylic acids is 3. The molecule has 5 heteroatoms. The van der Waals surface area contributed by atoms with Crippen LogP contribution in [0.5, 0.6) is 0 Å². The molecule has 5 nitrogen and oxygen atoms in total. The predicted octanol–water partition coefficient (Wildman–Crippen LogP) is 4.20. The molecule has 1 rings (SSSR count). The Labute approximate surface area is 158 Å². The van der Waals surface area contributed by atoms with Crippen molar-refractivity contribution in [3.63, 3.8) is 0 Å². The van der Waals surface area contributed by atoms with E-state index >= 15 is 0 Å². The highest BCUT2D eigenvalue weighted by molar-refractivity contribution is 5.89. The SMILES string of the molecule is CCCCCC(=O)/C=C/C1CCCC(=O)N1CCCCCCC(=O)OC. The van der Waals surface area contributed by atoms with Gasteiger partial charge >= 0.3 is 5.97 Å². The molecule has 0 aromatic rings. The maximum Gasteiger partial charge on any atom is 0.305 e. The highest BCUT2D eigenvalue weighted by Crippen LogP contribution is 2.20. The van der Waals surface area contributed by atoms with Crippen molar-refractivity contribution in [1.29, 1.82) is 0 Å². The molecule has 0 radical (unpaired) electrons. The third-order valence-corrected chi connectivity index (χ3v) is 4.90. The number of hydrogen-bond donors (Lipinski definition) is 0. The van der Waals surface area contributed by atoms with Crippen molar-refractivity contribution in [1.82, 2.24) is 4.90 Å². The second-order valence-electron chi connectivity index (χ2n) is 7.07. The molecule has 1 aliphatic heterocycles. The minimum Gasteiger partial charge on any atom is -0.469 e. The van der Waals surface area contributed by atoms with Crippen LogP contribution in [-0.2, 0) is 19.1 Å². The van der Waals surface area contributed by atoms with Crippen molar-refractivity contribution in [3.05, 3.63) is 12.2 Å². The predicted molar refractivity (Wildman–Crippen MR) is 103 cm³/mol. The van der Waals surface area contributed by atoms with Gasteiger partial charge in [0, 0.05) is 25.8 Å². The average molecular weight is 366 g/mol. The first kappa shape index (κ1) is 22.4. The van der Waals surface area contributed by atoms with Crippen LogP contribution in [0.2, 0.25) is 0 Å². The molecule has 0 aromatic heterocycles. The van der Waals surface area contributed by atoms with Gasteiger partial charge in [-0.25, -0.2) is 0 Å². The van der Waals surface area contributed by atoms with E-state index in [4.69, 9.17) is 0 Å². The number of esters is 1. The van der Waals surface area contributed by atoms with E-state index in [9.17, 15) is 14.4 Å². The molecule has 1 unspecified atom stereocenters. The van der Waals surface area contributed by atoms with Gasteiger partial charge in [0.1, 0.15) is 0 Å². The first-order valence-electron chi connectivity index (χ1n) is 10.2. The van der Waals surface area contributed by atoms with Crippen LogP contribution in [0.25, 0.3) is 0 Å². The minimum absolute atomic E-state index is 0.0569. The lowest BCUT2D eigenvalue weighted by Gasteiger charge is -2.34. The fraction of sp³-hybridized carbons (Fsp3) is 0.762. The zero-order valence-corrected chi connectivity index (χ0v) is 16.5. The van der Waals surface area contributed by atoms with Crippen molar-refractivity contribution in [2.24, 2.45) is 0 Å². The van der Waals surface area contributed by atoms with Crippen molar-refractivity contribution in [3.8, 4) is 0 Å². The molecule has 0 N–H and O–H groups in total. The summed E-state index contributed by atoms with van der Waals surface area (Å²) >= 11 is 0. The van der Waals surface area contributed by atoms with Gasteiger partial charge < -0.3 is 9.64 Å². The topological polar surface area (TPSA) is 63.7 Å². The standard InChI is InChI=1S/C21H35NO4/c1-3-4-7-12-19(23)16-15-18-11-10-13-20(24)22(18)17-9-6-5-8-14-21(25)26-2/h15-16,18H,3-14,17H2,1-2H3/b16-15+. The summed E-state index contributed by atoms with van der Waals surface area (Å²) in [6.45, 7) is 2.86. The Morgan fingerprint density at radius 3 is 2.58 bits per heavy atom. The highest BCUT2D eigenvalue weighted by atomic mass is 16.5. The van der Waals surface area contributed by atoms with Gasteiger partial charge in [-0.2, -0.15) is 0 Å². The fourth-order valence-electron chi connectivity index (χ4n) is 3.30. The van der Waals surface area contributed by atoms with Crippen LogP contribution < -0.4 is 0 Å². The van der Waals surface area contributed by atoms with Gasteiger partial charge in [0.25, 0.3) is 0 Å². The Kier molecular flexibility index (Phi) is 11.7. The van der Waals surface area contributed by atoms with E-state index in [1.165, 1.54) is 7.11 Å². The lowest BCUT2D eigenvalue weighted by Crippen LogP contribution is -2.43. The number of allylic oxidation sites excluding steroid dienone is 1. The quantitative estimate of drug-likeness (QED) is 0.279. The molecular weight excluding hydrogens is 330 g/mol. The monoisotopic (exact) mass is 365 g/mol. The molecule has 26 heavy (non-hydrogen) atoms. The number of ketones is 1. The van der Waals surface area contributed by atoms with Crippen LogP contribution in [0, 0.1) is 0 Å². The second kappa shape index (κ2) is 13.5. The highest BCUT2D eigenvalue weighted by Gasteiger charge is 2.25. The van der Waals surface area contributed by atoms with Crippen LogP contribution in [-0.4, -0.2) is 42.3 Å². The molecule has 0 aliphatic carbocycles. The van der Waals surface area contributed by atoms with Gasteiger partial charge in [-0.05, 0) is 38.2 Å². The fourth-order valence-corrected chi connectivity index (χ4v) is 3.30. The number of nitrogens with zero attached hydrogens (tertiary/aromatic N) is 1. The van der Waals surface area contributed by atoms with E-state index in [2.05, 4.69) is 11.7 Å². The number of methoxy groups -OCH3 is 1. The first-order chi connectivity index (χ1) is 12.6. The second-order valence-corrected chi connectivity index (χ2v) is 7.07. The van der Waals surface area contributed by atoms with Gasteiger partial charge in [0.2, 0.25) is 5.91 Å². The molecule has 0 aromatic carbocycles. The van der Waals surface area contributed by atoms with Crippen molar-refractivity contribution >= 4 is 17.7 Å². The number of hydrogen-bond acceptors (Lipinski definition) is 4. The van der Waals surface area contributed by atoms with Gasteiger partial charge in [-0.3, -0.25) is 14.4 Å². The average Bonchev–Trinajstić information content (AvgIpc) is 2.64. The van der Waals surface area contributed by atoms with E-state index in [-0.39, 0.29) is 23.7 Å². The molecule has 0 spiro atoms. The van der Waals surface area contributed by atoms with E-state index in [0.717, 1.165) is 64.3 Å². The summed E-state index contributed by atoms with van der Waals surface area (Å²) in [4.78, 5) is 37.2. The van der Waals surface area contributed by atoms with E-state index in [0.29, 0.717) is 19.3 Å². The molecule has 1 fully saturated rings. The van der Waals surface area contributed by atoms with Crippen molar-refractivity contribution < 1.29 is 19.1 Å². The third-order valence-electron chi connectivity index (χ3n) is 4.90. The molecule has 0 saturated carbocycles. The van der Waals surface area contributed by atoms with E-state index in [1.54, 1.807) is 6.08 Å². The van der Waals surface area contributed by atoms with Crippen molar-refractivity contribution in [2.75, 3.05) is 13.7 Å². The first-order valence-corrected chi connectivity index (χ1v) is 10.2. The summed E-state index contributed by atoms with van der Waals surface area (Å²) in [5.41, 5.74) is 0. The van der Waals surface area contributed by atoms with Gasteiger partial charge in [0.05, 0.1) is 13.2 Å². The zero-order chi connectivity index (χ0) is 19.2. The number of rotatable bonds is 13. The molecule has 0 bridgehead atoms. The van der Waals surface area contributed by atoms with E-state index in [1.807, 2.05) is 11.0 Å². The zero-order valence-electron chi connectivity index (χ0n) is 16.5. The smallest absolute Gasteiger partial charge is 0.305 e. The summed E-state index contributed by atoms with van der Waals surface area (Å²) in [6.07, 6.45) is 14.0. The minimum atomic E-state index is -0.162. The van der Waals surface area contributed by atoms with E-state index < -0.39 is 0 Å². The molecule has 1 atom stereocenters. The molecule has 1 amide bonds. The molecule has 1 heterocycles. The summed E-state index contributed by atoms with van der Waals surface area (Å²) in [5, 5.41) is 0. The van der Waals surface area contributed by atoms with Crippen LogP contribution in [0.15, 0.2) is 12.2 Å². The maximum atomic E-state index is 12.3. The Bertz CT molecular complexity index is 473. The van der Waals surface area contributed by atoms with Gasteiger partial charge in [-0.1, -0.05) is 38.7 Å². The Morgan fingerprint density at radius 2 is 1.85 bits per heavy atom. The lowest BCUT2D eigenvalue weighted by molar-refractivity contribution is -0.140. The van der Waals surface area contributed by atoms with Crippen LogP contribution in [0.1, 0.15) is 84.0 Å². The van der Waals surface area contributed by atoms with Crippen LogP contribution >= 0.6 is 0 Å². The molecular formula is C21H35NO4. The summed E-state index contributed by atoms with van der Waals surface area (Å²) in [6, 6.07) is 0.0569. The Morgan fingerprint density at radius 1 is 1.12 bits per heavy atom. The summed E-state index contributed by atoms with van der Waals surface area (Å²) < 4.78 is 4.63. The van der Waals surface area contributed by atoms with Gasteiger partial charge in [-0.15, -0.1) is 0 Å². The largest absolute Gasteiger partial charge is 0.469 e. The van der Waals surface area contributed by atoms with Gasteiger partial charge in [0.15, 0.2) is 5.78 Å². The number of amides is 1. The van der Waals surface area contributed by atoms with Crippen LogP contribution in [0.3, 0.4) is 0 Å². The van der Waals surface area contributed by atoms with Crippen LogP contribution in [0.4, 0.5) is 0 Å². The Balaban J connectivity index is 2.36. The van der Waals surface area contributed by atoms with Crippen molar-refractivity contribution in [2.45, 2.75) is 90.0 Å². The maximum absolute atomic E-state index is 12.3. The number of carbonyl (C=O) groups is 3. The number of unbranched alkanes of at least 4 members (excludes halogenated alkanes) is 5. The lowest BCUT2D eigenvalue weighted by atomic mass is 9.99. The Hall–Kier alpha value is -1.65. The molecule has 148 valence electrons. The number of piperidine rings is 1. The molecule has 1 saturated heterocycles. The summed E-state index contributed by atoms with van der Waals surface area (Å²) in [5.74, 6) is 0.197. The number of ether oxygens (including phenoxy) is 1. The number of likely N-dealkylation sites (tertiary alicyclic amines) is 1. The third kappa shape index (κ3) is 9.16. The normalized spacial score (nSPS) is 17.7.